The summed E-state index contributed by atoms with van der Waals surface area (Å²) >= 11 is 0. The predicted molar refractivity (Wildman–Crippen MR) is 58.7 cm³/mol. The third-order valence-electron chi connectivity index (χ3n) is 3.74. The van der Waals surface area contributed by atoms with Crippen molar-refractivity contribution in [3.63, 3.8) is 0 Å². The van der Waals surface area contributed by atoms with Crippen LogP contribution < -0.4 is 0 Å². The number of aliphatic hydroxyl groups excluding tert-OH is 2. The topological polar surface area (TPSA) is 46.9 Å². The first-order chi connectivity index (χ1) is 7.31. The van der Waals surface area contributed by atoms with E-state index in [0.29, 0.717) is 6.04 Å². The zero-order chi connectivity index (χ0) is 10.7. The smallest absolute Gasteiger partial charge is 0.0695 e. The van der Waals surface area contributed by atoms with Crippen LogP contribution in [0.3, 0.4) is 0 Å². The Morgan fingerprint density at radius 2 is 1.80 bits per heavy atom. The molecule has 0 spiro atoms. The summed E-state index contributed by atoms with van der Waals surface area (Å²) < 4.78 is 0. The second-order valence-electron chi connectivity index (χ2n) is 4.67. The normalized spacial score (nSPS) is 34.8. The minimum Gasteiger partial charge on any atom is -0.395 e. The fourth-order valence-electron chi connectivity index (χ4n) is 2.81. The van der Waals surface area contributed by atoms with Crippen molar-refractivity contribution in [2.45, 2.75) is 31.4 Å². The fraction of sp³-hybridized carbons (Fsp3) is 1.00. The van der Waals surface area contributed by atoms with Crippen molar-refractivity contribution in [2.75, 3.05) is 39.3 Å². The lowest BCUT2D eigenvalue weighted by molar-refractivity contribution is 0.0316. The quantitative estimate of drug-likeness (QED) is 0.665. The summed E-state index contributed by atoms with van der Waals surface area (Å²) in [4.78, 5) is 4.71. The van der Waals surface area contributed by atoms with E-state index in [9.17, 15) is 5.11 Å². The molecular weight excluding hydrogens is 192 g/mol. The van der Waals surface area contributed by atoms with E-state index in [1.54, 1.807) is 0 Å². The van der Waals surface area contributed by atoms with Gasteiger partial charge in [0.05, 0.1) is 12.7 Å². The Hall–Kier alpha value is -0.160. The summed E-state index contributed by atoms with van der Waals surface area (Å²) in [6, 6.07) is 0.404. The van der Waals surface area contributed by atoms with E-state index in [-0.39, 0.29) is 12.7 Å². The molecule has 88 valence electrons. The molecule has 1 aliphatic heterocycles. The molecular formula is C11H22N2O2. The lowest BCUT2D eigenvalue weighted by Crippen LogP contribution is -2.52. The van der Waals surface area contributed by atoms with Crippen molar-refractivity contribution in [1.29, 1.82) is 0 Å². The molecule has 0 bridgehead atoms. The molecule has 0 amide bonds. The minimum absolute atomic E-state index is 0.102. The maximum absolute atomic E-state index is 9.82. The van der Waals surface area contributed by atoms with Gasteiger partial charge in [-0.25, -0.2) is 0 Å². The molecule has 0 aromatic carbocycles. The van der Waals surface area contributed by atoms with E-state index in [1.165, 1.54) is 6.42 Å². The van der Waals surface area contributed by atoms with Gasteiger partial charge in [0.1, 0.15) is 0 Å². The molecule has 1 saturated heterocycles. The van der Waals surface area contributed by atoms with Gasteiger partial charge in [-0.2, -0.15) is 0 Å². The molecule has 2 aliphatic rings. The molecule has 0 aromatic heterocycles. The van der Waals surface area contributed by atoms with Crippen LogP contribution in [0.25, 0.3) is 0 Å². The number of hydrogen-bond acceptors (Lipinski definition) is 4. The minimum atomic E-state index is -0.102. The second-order valence-corrected chi connectivity index (χ2v) is 4.67. The SMILES string of the molecule is OCCN1CCN([C@@H]2CCC[C@H]2O)CC1. The van der Waals surface area contributed by atoms with Gasteiger partial charge < -0.3 is 10.2 Å². The fourth-order valence-corrected chi connectivity index (χ4v) is 2.81. The predicted octanol–water partition coefficient (Wildman–Crippen LogP) is -0.490. The van der Waals surface area contributed by atoms with E-state index in [2.05, 4.69) is 9.80 Å². The van der Waals surface area contributed by atoms with Crippen molar-refractivity contribution < 1.29 is 10.2 Å². The van der Waals surface area contributed by atoms with Crippen LogP contribution in [0, 0.1) is 0 Å². The van der Waals surface area contributed by atoms with Crippen molar-refractivity contribution in [2.24, 2.45) is 0 Å². The Kier molecular flexibility index (Phi) is 3.97. The Balaban J connectivity index is 1.77. The molecule has 4 nitrogen and oxygen atoms in total. The molecule has 2 N–H and O–H groups in total. The lowest BCUT2D eigenvalue weighted by atomic mass is 10.1. The van der Waals surface area contributed by atoms with E-state index < -0.39 is 0 Å². The summed E-state index contributed by atoms with van der Waals surface area (Å²) in [6.07, 6.45) is 3.19. The molecule has 2 atom stereocenters. The van der Waals surface area contributed by atoms with E-state index >= 15 is 0 Å². The van der Waals surface area contributed by atoms with Crippen LogP contribution in [0.15, 0.2) is 0 Å². The largest absolute Gasteiger partial charge is 0.395 e. The number of nitrogens with zero attached hydrogens (tertiary/aromatic N) is 2. The second kappa shape index (κ2) is 5.25. The number of aliphatic hydroxyl groups is 2. The van der Waals surface area contributed by atoms with Crippen molar-refractivity contribution in [3.05, 3.63) is 0 Å². The van der Waals surface area contributed by atoms with Crippen LogP contribution in [0.2, 0.25) is 0 Å². The van der Waals surface area contributed by atoms with Gasteiger partial charge in [0, 0.05) is 38.8 Å². The first-order valence-electron chi connectivity index (χ1n) is 6.06. The van der Waals surface area contributed by atoms with Crippen LogP contribution in [0.1, 0.15) is 19.3 Å². The molecule has 1 heterocycles. The van der Waals surface area contributed by atoms with Crippen molar-refractivity contribution in [3.8, 4) is 0 Å². The molecule has 2 rings (SSSR count). The highest BCUT2D eigenvalue weighted by Gasteiger charge is 2.32. The monoisotopic (exact) mass is 214 g/mol. The Bertz CT molecular complexity index is 193. The zero-order valence-corrected chi connectivity index (χ0v) is 9.31. The first-order valence-corrected chi connectivity index (χ1v) is 6.06. The van der Waals surface area contributed by atoms with Gasteiger partial charge in [-0.1, -0.05) is 0 Å². The van der Waals surface area contributed by atoms with Gasteiger partial charge in [0.2, 0.25) is 0 Å². The number of hydrogen-bond donors (Lipinski definition) is 2. The van der Waals surface area contributed by atoms with Gasteiger partial charge in [0.15, 0.2) is 0 Å². The van der Waals surface area contributed by atoms with Crippen molar-refractivity contribution >= 4 is 0 Å². The van der Waals surface area contributed by atoms with Gasteiger partial charge >= 0.3 is 0 Å². The van der Waals surface area contributed by atoms with E-state index in [1.807, 2.05) is 0 Å². The Morgan fingerprint density at radius 1 is 1.07 bits per heavy atom. The van der Waals surface area contributed by atoms with Crippen LogP contribution in [-0.4, -0.2) is 71.5 Å². The highest BCUT2D eigenvalue weighted by molar-refractivity contribution is 4.87. The van der Waals surface area contributed by atoms with Crippen LogP contribution >= 0.6 is 0 Å². The summed E-state index contributed by atoms with van der Waals surface area (Å²) in [5, 5.41) is 18.7. The third kappa shape index (κ3) is 2.69. The van der Waals surface area contributed by atoms with Gasteiger partial charge in [0.25, 0.3) is 0 Å². The van der Waals surface area contributed by atoms with E-state index in [0.717, 1.165) is 45.6 Å². The Morgan fingerprint density at radius 3 is 2.33 bits per heavy atom. The highest BCUT2D eigenvalue weighted by atomic mass is 16.3. The molecule has 4 heteroatoms. The van der Waals surface area contributed by atoms with Crippen LogP contribution in [-0.2, 0) is 0 Å². The van der Waals surface area contributed by atoms with Crippen molar-refractivity contribution in [1.82, 2.24) is 9.80 Å². The molecule has 1 saturated carbocycles. The summed E-state index contributed by atoms with van der Waals surface area (Å²) in [5.41, 5.74) is 0. The number of piperazine rings is 1. The Labute approximate surface area is 91.5 Å². The maximum atomic E-state index is 9.82. The lowest BCUT2D eigenvalue weighted by Gasteiger charge is -2.38. The highest BCUT2D eigenvalue weighted by Crippen LogP contribution is 2.24. The van der Waals surface area contributed by atoms with Crippen LogP contribution in [0.5, 0.6) is 0 Å². The average molecular weight is 214 g/mol. The molecule has 1 aliphatic carbocycles. The van der Waals surface area contributed by atoms with Crippen LogP contribution in [0.4, 0.5) is 0 Å². The summed E-state index contributed by atoms with van der Waals surface area (Å²) in [7, 11) is 0. The average Bonchev–Trinajstić information content (AvgIpc) is 2.66. The number of rotatable bonds is 3. The molecule has 15 heavy (non-hydrogen) atoms. The van der Waals surface area contributed by atoms with Gasteiger partial charge in [-0.3, -0.25) is 9.80 Å². The third-order valence-corrected chi connectivity index (χ3v) is 3.74. The maximum Gasteiger partial charge on any atom is 0.0695 e. The zero-order valence-electron chi connectivity index (χ0n) is 9.31. The number of β-amino-alcohol motifs (C(OH)–C–C–N with tert-alkyl or cyclic N) is 1. The first kappa shape index (κ1) is 11.3. The molecule has 2 fully saturated rings. The van der Waals surface area contributed by atoms with Gasteiger partial charge in [-0.05, 0) is 19.3 Å². The molecule has 0 unspecified atom stereocenters. The summed E-state index contributed by atoms with van der Waals surface area (Å²) in [6.45, 7) is 5.20. The standard InChI is InChI=1S/C11H22N2O2/c14-9-8-12-4-6-13(7-5-12)10-2-1-3-11(10)15/h10-11,14-15H,1-9H2/t10-,11-/m1/s1. The molecule has 0 aromatic rings. The molecule has 0 radical (unpaired) electrons. The van der Waals surface area contributed by atoms with Gasteiger partial charge in [-0.15, -0.1) is 0 Å². The van der Waals surface area contributed by atoms with E-state index in [4.69, 9.17) is 5.11 Å². The summed E-state index contributed by atoms with van der Waals surface area (Å²) in [5.74, 6) is 0.